The van der Waals surface area contributed by atoms with Crippen LogP contribution < -0.4 is 0 Å². The van der Waals surface area contributed by atoms with Crippen molar-refractivity contribution in [1.29, 1.82) is 0 Å². The van der Waals surface area contributed by atoms with Crippen molar-refractivity contribution in [2.45, 2.75) is 18.5 Å². The number of esters is 1. The average Bonchev–Trinajstić information content (AvgIpc) is 2.80. The maximum atomic E-state index is 12.3. The van der Waals surface area contributed by atoms with Crippen LogP contribution in [0.4, 0.5) is 26.3 Å². The number of aromatic nitrogens is 3. The molecule has 1 aromatic heterocycles. The van der Waals surface area contributed by atoms with E-state index in [9.17, 15) is 31.1 Å². The predicted octanol–water partition coefficient (Wildman–Crippen LogP) is 2.61. The lowest BCUT2D eigenvalue weighted by Crippen LogP contribution is -2.45. The normalized spacial score (nSPS) is 12.9. The van der Waals surface area contributed by atoms with Crippen LogP contribution in [0.3, 0.4) is 0 Å². The lowest BCUT2D eigenvalue weighted by Gasteiger charge is -2.22. The second kappa shape index (κ2) is 4.90. The summed E-state index contributed by atoms with van der Waals surface area (Å²) < 4.78 is 77.5. The number of hydrogen-bond acceptors (Lipinski definition) is 4. The number of alkyl halides is 6. The first-order valence-electron chi connectivity index (χ1n) is 5.24. The topological polar surface area (TPSA) is 67.9 Å². The van der Waals surface area contributed by atoms with Gasteiger partial charge in [0, 0.05) is 0 Å². The Balaban J connectivity index is 2.34. The molecule has 0 atom stereocenters. The summed E-state index contributed by atoms with van der Waals surface area (Å²) in [5.74, 6) is -1.80. The van der Waals surface area contributed by atoms with Crippen molar-refractivity contribution in [1.82, 2.24) is 15.4 Å². The number of halogens is 6. The molecule has 1 heterocycles. The molecular formula is C10H5F6N3O2. The molecule has 0 aliphatic heterocycles. The van der Waals surface area contributed by atoms with Gasteiger partial charge in [-0.05, 0) is 12.1 Å². The van der Waals surface area contributed by atoms with Crippen molar-refractivity contribution in [3.8, 4) is 0 Å². The van der Waals surface area contributed by atoms with E-state index >= 15 is 0 Å². The van der Waals surface area contributed by atoms with Gasteiger partial charge in [0.15, 0.2) is 0 Å². The van der Waals surface area contributed by atoms with E-state index < -0.39 is 30.0 Å². The molecule has 0 spiro atoms. The number of rotatable bonds is 2. The Bertz CT molecular complexity index is 649. The third-order valence-corrected chi connectivity index (χ3v) is 2.39. The number of nitrogens with zero attached hydrogens (tertiary/aromatic N) is 2. The SMILES string of the molecule is O=C(OC(C(F)(F)F)C(F)(F)F)c1cccc2n[nH]nc12. The van der Waals surface area contributed by atoms with Gasteiger partial charge in [0.25, 0.3) is 6.10 Å². The molecule has 1 aromatic carbocycles. The number of benzene rings is 1. The Morgan fingerprint density at radius 1 is 1.10 bits per heavy atom. The van der Waals surface area contributed by atoms with E-state index in [-0.39, 0.29) is 11.0 Å². The number of fused-ring (bicyclic) bond motifs is 1. The zero-order valence-electron chi connectivity index (χ0n) is 9.79. The molecule has 0 aliphatic carbocycles. The number of H-pyrrole nitrogens is 1. The second-order valence-electron chi connectivity index (χ2n) is 3.87. The van der Waals surface area contributed by atoms with Crippen LogP contribution >= 0.6 is 0 Å². The van der Waals surface area contributed by atoms with Crippen LogP contribution in [0.2, 0.25) is 0 Å². The Labute approximate surface area is 111 Å². The highest BCUT2D eigenvalue weighted by atomic mass is 19.4. The van der Waals surface area contributed by atoms with Crippen molar-refractivity contribution in [2.75, 3.05) is 0 Å². The molecule has 0 fully saturated rings. The predicted molar refractivity (Wildman–Crippen MR) is 55.2 cm³/mol. The van der Waals surface area contributed by atoms with Gasteiger partial charge in [0.05, 0.1) is 5.56 Å². The van der Waals surface area contributed by atoms with Crippen LogP contribution in [-0.4, -0.2) is 39.8 Å². The first kappa shape index (κ1) is 15.1. The zero-order valence-corrected chi connectivity index (χ0v) is 9.79. The first-order chi connectivity index (χ1) is 9.60. The number of carbonyl (C=O) groups excluding carboxylic acids is 1. The summed E-state index contributed by atoms with van der Waals surface area (Å²) in [5, 5.41) is 9.12. The molecule has 1 N–H and O–H groups in total. The fraction of sp³-hybridized carbons (Fsp3) is 0.300. The largest absolute Gasteiger partial charge is 0.439 e. The first-order valence-corrected chi connectivity index (χ1v) is 5.24. The quantitative estimate of drug-likeness (QED) is 0.683. The number of para-hydroxylation sites is 1. The minimum absolute atomic E-state index is 0.0972. The molecule has 0 radical (unpaired) electrons. The standard InChI is InChI=1S/C10H5F6N3O2/c11-9(12,13)8(10(14,15)16)21-7(20)4-2-1-3-5-6(4)18-19-17-5/h1-3,8H,(H,17,18,19). The van der Waals surface area contributed by atoms with E-state index in [1.807, 2.05) is 0 Å². The van der Waals surface area contributed by atoms with Gasteiger partial charge in [-0.1, -0.05) is 6.07 Å². The Morgan fingerprint density at radius 2 is 1.71 bits per heavy atom. The highest BCUT2D eigenvalue weighted by molar-refractivity contribution is 6.01. The van der Waals surface area contributed by atoms with Gasteiger partial charge in [0.2, 0.25) is 0 Å². The summed E-state index contributed by atoms with van der Waals surface area (Å²) in [5.41, 5.74) is -0.648. The molecule has 2 aromatic rings. The Morgan fingerprint density at radius 3 is 2.29 bits per heavy atom. The van der Waals surface area contributed by atoms with Gasteiger partial charge in [-0.15, -0.1) is 0 Å². The molecule has 0 saturated heterocycles. The summed E-state index contributed by atoms with van der Waals surface area (Å²) in [4.78, 5) is 11.6. The Kier molecular flexibility index (Phi) is 3.51. The maximum Gasteiger partial charge on any atom is 0.434 e. The number of aromatic amines is 1. The van der Waals surface area contributed by atoms with E-state index in [4.69, 9.17) is 0 Å². The number of hydrogen-bond donors (Lipinski definition) is 1. The molecule has 11 heteroatoms. The Hall–Kier alpha value is -2.33. The van der Waals surface area contributed by atoms with Gasteiger partial charge < -0.3 is 4.74 Å². The minimum atomic E-state index is -5.77. The van der Waals surface area contributed by atoms with Crippen LogP contribution in [0, 0.1) is 0 Å². The molecule has 21 heavy (non-hydrogen) atoms. The van der Waals surface area contributed by atoms with Crippen molar-refractivity contribution in [3.05, 3.63) is 23.8 Å². The minimum Gasteiger partial charge on any atom is -0.439 e. The van der Waals surface area contributed by atoms with Crippen LogP contribution in [0.25, 0.3) is 11.0 Å². The molecule has 2 rings (SSSR count). The zero-order chi connectivity index (χ0) is 15.8. The molecule has 0 aliphatic rings. The van der Waals surface area contributed by atoms with Crippen molar-refractivity contribution < 1.29 is 35.9 Å². The van der Waals surface area contributed by atoms with Crippen LogP contribution in [-0.2, 0) is 4.74 Å². The molecule has 0 saturated carbocycles. The lowest BCUT2D eigenvalue weighted by molar-refractivity contribution is -0.307. The summed E-state index contributed by atoms with van der Waals surface area (Å²) in [7, 11) is 0. The van der Waals surface area contributed by atoms with Gasteiger partial charge in [-0.2, -0.15) is 41.8 Å². The van der Waals surface area contributed by atoms with Crippen LogP contribution in [0.15, 0.2) is 18.2 Å². The molecule has 0 bridgehead atoms. The monoisotopic (exact) mass is 313 g/mol. The summed E-state index contributed by atoms with van der Waals surface area (Å²) in [6.45, 7) is 0. The van der Waals surface area contributed by atoms with E-state index in [1.54, 1.807) is 0 Å². The van der Waals surface area contributed by atoms with Crippen molar-refractivity contribution in [3.63, 3.8) is 0 Å². The van der Waals surface area contributed by atoms with Crippen molar-refractivity contribution in [2.24, 2.45) is 0 Å². The highest BCUT2D eigenvalue weighted by Gasteiger charge is 2.60. The molecule has 0 amide bonds. The molecule has 0 unspecified atom stereocenters. The lowest BCUT2D eigenvalue weighted by atomic mass is 10.2. The number of ether oxygens (including phenoxy) is 1. The van der Waals surface area contributed by atoms with Crippen LogP contribution in [0.1, 0.15) is 10.4 Å². The van der Waals surface area contributed by atoms with E-state index in [1.165, 1.54) is 12.1 Å². The van der Waals surface area contributed by atoms with Gasteiger partial charge in [-0.25, -0.2) is 4.79 Å². The summed E-state index contributed by atoms with van der Waals surface area (Å²) >= 11 is 0. The smallest absolute Gasteiger partial charge is 0.434 e. The summed E-state index contributed by atoms with van der Waals surface area (Å²) in [6.07, 6.45) is -15.8. The summed E-state index contributed by atoms with van der Waals surface area (Å²) in [6, 6.07) is 3.56. The molecule has 114 valence electrons. The second-order valence-corrected chi connectivity index (χ2v) is 3.87. The average molecular weight is 313 g/mol. The van der Waals surface area contributed by atoms with Crippen molar-refractivity contribution >= 4 is 17.0 Å². The third-order valence-electron chi connectivity index (χ3n) is 2.39. The van der Waals surface area contributed by atoms with E-state index in [0.717, 1.165) is 6.07 Å². The van der Waals surface area contributed by atoms with Gasteiger partial charge in [0.1, 0.15) is 11.0 Å². The maximum absolute atomic E-state index is 12.3. The fourth-order valence-electron chi connectivity index (χ4n) is 1.52. The van der Waals surface area contributed by atoms with Crippen LogP contribution in [0.5, 0.6) is 0 Å². The molecule has 5 nitrogen and oxygen atoms in total. The third kappa shape index (κ3) is 3.06. The van der Waals surface area contributed by atoms with Gasteiger partial charge in [-0.3, -0.25) is 0 Å². The molecular weight excluding hydrogens is 308 g/mol. The fourth-order valence-corrected chi connectivity index (χ4v) is 1.52. The highest BCUT2D eigenvalue weighted by Crippen LogP contribution is 2.36. The van der Waals surface area contributed by atoms with E-state index in [0.29, 0.717) is 0 Å². The number of nitrogens with one attached hydrogen (secondary N) is 1. The van der Waals surface area contributed by atoms with E-state index in [2.05, 4.69) is 20.1 Å². The van der Waals surface area contributed by atoms with Gasteiger partial charge >= 0.3 is 18.3 Å². The number of carbonyl (C=O) groups is 1.